The standard InChI is InChI=1S/C29H30N2O4/c1-4-18-34-27-16-12-23(19-28(27)33-3)13-17-29(32)30-20-24-10-14-26(15-11-24)22(2)31-35-21-25-8-6-5-7-9-25/h1,5-12,14-16,19H,13,17-18,20-21H2,2-3H3,(H,30,32). The number of benzene rings is 3. The van der Waals surface area contributed by atoms with Crippen molar-refractivity contribution < 1.29 is 19.1 Å². The van der Waals surface area contributed by atoms with Crippen LogP contribution >= 0.6 is 0 Å². The highest BCUT2D eigenvalue weighted by Crippen LogP contribution is 2.28. The lowest BCUT2D eigenvalue weighted by atomic mass is 10.1. The minimum atomic E-state index is -0.0206. The van der Waals surface area contributed by atoms with Crippen molar-refractivity contribution in [1.29, 1.82) is 0 Å². The Kier molecular flexibility index (Phi) is 9.76. The summed E-state index contributed by atoms with van der Waals surface area (Å²) in [4.78, 5) is 17.8. The first-order chi connectivity index (χ1) is 17.1. The van der Waals surface area contributed by atoms with E-state index in [0.717, 1.165) is 28.0 Å². The Labute approximate surface area is 206 Å². The van der Waals surface area contributed by atoms with E-state index in [0.29, 0.717) is 37.5 Å². The van der Waals surface area contributed by atoms with E-state index in [1.165, 1.54) is 0 Å². The first-order valence-corrected chi connectivity index (χ1v) is 11.4. The summed E-state index contributed by atoms with van der Waals surface area (Å²) in [6, 6.07) is 23.4. The number of hydrogen-bond acceptors (Lipinski definition) is 5. The molecule has 0 saturated heterocycles. The molecule has 1 N–H and O–H groups in total. The molecule has 3 rings (SSSR count). The maximum absolute atomic E-state index is 12.3. The number of carbonyl (C=O) groups is 1. The smallest absolute Gasteiger partial charge is 0.220 e. The second-order valence-electron chi connectivity index (χ2n) is 7.89. The molecule has 0 aliphatic rings. The lowest BCUT2D eigenvalue weighted by Gasteiger charge is -2.11. The van der Waals surface area contributed by atoms with Crippen LogP contribution in [0.15, 0.2) is 78.0 Å². The van der Waals surface area contributed by atoms with E-state index in [1.807, 2.05) is 79.7 Å². The van der Waals surface area contributed by atoms with Gasteiger partial charge >= 0.3 is 0 Å². The van der Waals surface area contributed by atoms with Crippen molar-refractivity contribution >= 4 is 11.6 Å². The maximum Gasteiger partial charge on any atom is 0.220 e. The van der Waals surface area contributed by atoms with Crippen LogP contribution in [-0.4, -0.2) is 25.3 Å². The van der Waals surface area contributed by atoms with Gasteiger partial charge < -0.3 is 19.6 Å². The van der Waals surface area contributed by atoms with E-state index in [2.05, 4.69) is 16.4 Å². The maximum atomic E-state index is 12.3. The van der Waals surface area contributed by atoms with Gasteiger partial charge in [0, 0.05) is 13.0 Å². The lowest BCUT2D eigenvalue weighted by molar-refractivity contribution is -0.121. The number of ether oxygens (including phenoxy) is 2. The molecule has 0 fully saturated rings. The van der Waals surface area contributed by atoms with Gasteiger partial charge in [0.05, 0.1) is 12.8 Å². The number of terminal acetylenes is 1. The molecule has 0 unspecified atom stereocenters. The van der Waals surface area contributed by atoms with Crippen LogP contribution in [0.3, 0.4) is 0 Å². The van der Waals surface area contributed by atoms with E-state index >= 15 is 0 Å². The Morgan fingerprint density at radius 1 is 0.971 bits per heavy atom. The summed E-state index contributed by atoms with van der Waals surface area (Å²) in [7, 11) is 1.57. The molecule has 0 spiro atoms. The molecule has 3 aromatic rings. The number of aryl methyl sites for hydroxylation is 1. The SMILES string of the molecule is C#CCOc1ccc(CCC(=O)NCc2ccc(C(C)=NOCc3ccccc3)cc2)cc1OC. The minimum absolute atomic E-state index is 0.0206. The van der Waals surface area contributed by atoms with Gasteiger partial charge in [0.25, 0.3) is 0 Å². The average Bonchev–Trinajstić information content (AvgIpc) is 2.90. The summed E-state index contributed by atoms with van der Waals surface area (Å²) in [6.07, 6.45) is 6.20. The molecule has 3 aromatic carbocycles. The zero-order valence-corrected chi connectivity index (χ0v) is 20.1. The fraction of sp³-hybridized carbons (Fsp3) is 0.241. The van der Waals surface area contributed by atoms with Crippen molar-refractivity contribution in [3.05, 3.63) is 95.1 Å². The zero-order chi connectivity index (χ0) is 24.9. The molecule has 0 aromatic heterocycles. The summed E-state index contributed by atoms with van der Waals surface area (Å²) in [5.74, 6) is 3.60. The molecule has 0 radical (unpaired) electrons. The molecule has 6 heteroatoms. The van der Waals surface area contributed by atoms with Gasteiger partial charge in [-0.2, -0.15) is 0 Å². The molecular formula is C29H30N2O4. The van der Waals surface area contributed by atoms with Gasteiger partial charge in [-0.3, -0.25) is 4.79 Å². The van der Waals surface area contributed by atoms with Gasteiger partial charge in [-0.25, -0.2) is 0 Å². The summed E-state index contributed by atoms with van der Waals surface area (Å²) in [6.45, 7) is 2.97. The number of amides is 1. The fourth-order valence-corrected chi connectivity index (χ4v) is 3.35. The van der Waals surface area contributed by atoms with Crippen molar-refractivity contribution in [1.82, 2.24) is 5.32 Å². The molecule has 35 heavy (non-hydrogen) atoms. The Balaban J connectivity index is 1.43. The fourth-order valence-electron chi connectivity index (χ4n) is 3.35. The van der Waals surface area contributed by atoms with Crippen LogP contribution < -0.4 is 14.8 Å². The molecular weight excluding hydrogens is 440 g/mol. The number of rotatable bonds is 12. The van der Waals surface area contributed by atoms with Gasteiger partial charge in [0.15, 0.2) is 11.5 Å². The van der Waals surface area contributed by atoms with E-state index in [-0.39, 0.29) is 12.5 Å². The molecule has 0 bridgehead atoms. The van der Waals surface area contributed by atoms with E-state index in [4.69, 9.17) is 20.7 Å². The first-order valence-electron chi connectivity index (χ1n) is 11.4. The Bertz CT molecular complexity index is 1170. The number of carbonyl (C=O) groups excluding carboxylic acids is 1. The van der Waals surface area contributed by atoms with Crippen LogP contribution in [0, 0.1) is 12.3 Å². The van der Waals surface area contributed by atoms with Gasteiger partial charge in [0.1, 0.15) is 13.2 Å². The second kappa shape index (κ2) is 13.5. The molecule has 0 atom stereocenters. The molecule has 0 aliphatic carbocycles. The van der Waals surface area contributed by atoms with Crippen molar-refractivity contribution in [3.8, 4) is 23.8 Å². The van der Waals surface area contributed by atoms with Crippen molar-refractivity contribution in [2.45, 2.75) is 32.9 Å². The topological polar surface area (TPSA) is 69.2 Å². The van der Waals surface area contributed by atoms with Gasteiger partial charge in [0.2, 0.25) is 5.91 Å². The largest absolute Gasteiger partial charge is 0.493 e. The van der Waals surface area contributed by atoms with Crippen LogP contribution in [0.25, 0.3) is 0 Å². The van der Waals surface area contributed by atoms with E-state index in [1.54, 1.807) is 7.11 Å². The monoisotopic (exact) mass is 470 g/mol. The highest BCUT2D eigenvalue weighted by atomic mass is 16.6. The molecule has 0 aliphatic heterocycles. The highest BCUT2D eigenvalue weighted by molar-refractivity contribution is 5.98. The predicted octanol–water partition coefficient (Wildman–Crippen LogP) is 4.90. The van der Waals surface area contributed by atoms with E-state index in [9.17, 15) is 4.79 Å². The normalized spacial score (nSPS) is 10.8. The minimum Gasteiger partial charge on any atom is -0.493 e. The molecule has 1 amide bonds. The zero-order valence-electron chi connectivity index (χ0n) is 20.1. The summed E-state index contributed by atoms with van der Waals surface area (Å²) >= 11 is 0. The predicted molar refractivity (Wildman–Crippen MR) is 137 cm³/mol. The highest BCUT2D eigenvalue weighted by Gasteiger charge is 2.08. The molecule has 180 valence electrons. The van der Waals surface area contributed by atoms with Crippen molar-refractivity contribution in [2.24, 2.45) is 5.16 Å². The first kappa shape index (κ1) is 25.4. The molecule has 0 heterocycles. The number of oxime groups is 1. The number of hydrogen-bond donors (Lipinski definition) is 1. The summed E-state index contributed by atoms with van der Waals surface area (Å²) < 4.78 is 10.8. The van der Waals surface area contributed by atoms with Crippen LogP contribution in [-0.2, 0) is 29.2 Å². The number of nitrogens with zero attached hydrogens (tertiary/aromatic N) is 1. The van der Waals surface area contributed by atoms with Crippen LogP contribution in [0.4, 0.5) is 0 Å². The van der Waals surface area contributed by atoms with Gasteiger partial charge in [-0.1, -0.05) is 71.7 Å². The number of methoxy groups -OCH3 is 1. The Morgan fingerprint density at radius 3 is 2.43 bits per heavy atom. The summed E-state index contributed by atoms with van der Waals surface area (Å²) in [5.41, 5.74) is 4.83. The lowest BCUT2D eigenvalue weighted by Crippen LogP contribution is -2.23. The van der Waals surface area contributed by atoms with Crippen molar-refractivity contribution in [3.63, 3.8) is 0 Å². The average molecular weight is 471 g/mol. The quantitative estimate of drug-likeness (QED) is 0.232. The van der Waals surface area contributed by atoms with Crippen LogP contribution in [0.1, 0.15) is 35.6 Å². The van der Waals surface area contributed by atoms with Crippen molar-refractivity contribution in [2.75, 3.05) is 13.7 Å². The third kappa shape index (κ3) is 8.24. The molecule has 0 saturated carbocycles. The third-order valence-electron chi connectivity index (χ3n) is 5.32. The summed E-state index contributed by atoms with van der Waals surface area (Å²) in [5, 5.41) is 7.17. The third-order valence-corrected chi connectivity index (χ3v) is 5.32. The number of nitrogens with one attached hydrogen (secondary N) is 1. The molecule has 6 nitrogen and oxygen atoms in total. The Hall–Kier alpha value is -4.24. The van der Waals surface area contributed by atoms with Gasteiger partial charge in [-0.15, -0.1) is 6.42 Å². The Morgan fingerprint density at radius 2 is 1.71 bits per heavy atom. The second-order valence-corrected chi connectivity index (χ2v) is 7.89. The van der Waals surface area contributed by atoms with Crippen LogP contribution in [0.2, 0.25) is 0 Å². The van der Waals surface area contributed by atoms with E-state index < -0.39 is 0 Å². The van der Waals surface area contributed by atoms with Crippen LogP contribution in [0.5, 0.6) is 11.5 Å². The van der Waals surface area contributed by atoms with Gasteiger partial charge in [-0.05, 0) is 47.7 Å².